The molecule has 2 aromatic heterocycles. The molecule has 1 aliphatic carbocycles. The standard InChI is InChI=1S/C29H26F2N6O3/c1-18-11-22(17-33-16-18)36(26(20-5-3-2-4-6-20)27(39)35-21-13-29(30,31)14-21)28(40)23-7-8-25(38)37(23)24-12-19(15-32)9-10-34-24/h2-6,9-12,16-17,21,23,26H,7-8,13-14H2,1H3,(H,35,39). The minimum atomic E-state index is -2.84. The number of nitrogens with zero attached hydrogens (tertiary/aromatic N) is 5. The molecule has 2 atom stereocenters. The van der Waals surface area contributed by atoms with Crippen molar-refractivity contribution in [2.75, 3.05) is 9.80 Å². The van der Waals surface area contributed by atoms with E-state index >= 15 is 0 Å². The van der Waals surface area contributed by atoms with Crippen LogP contribution in [-0.2, 0) is 14.4 Å². The van der Waals surface area contributed by atoms with E-state index in [-0.39, 0.29) is 30.1 Å². The highest BCUT2D eigenvalue weighted by Gasteiger charge is 2.48. The molecule has 1 N–H and O–H groups in total. The van der Waals surface area contributed by atoms with Crippen LogP contribution in [0.1, 0.15) is 48.4 Å². The van der Waals surface area contributed by atoms with Gasteiger partial charge in [-0.3, -0.25) is 29.2 Å². The molecule has 1 aromatic carbocycles. The highest BCUT2D eigenvalue weighted by Crippen LogP contribution is 2.39. The summed E-state index contributed by atoms with van der Waals surface area (Å²) in [4.78, 5) is 52.2. The van der Waals surface area contributed by atoms with Crippen molar-refractivity contribution in [3.05, 3.63) is 83.8 Å². The number of amides is 3. The SMILES string of the molecule is Cc1cncc(N(C(=O)C2CCC(=O)N2c2cc(C#N)ccn2)C(C(=O)NC2CC(F)(F)C2)c2ccccc2)c1. The van der Waals surface area contributed by atoms with E-state index in [1.165, 1.54) is 34.3 Å². The van der Waals surface area contributed by atoms with E-state index in [0.717, 1.165) is 5.56 Å². The first-order valence-corrected chi connectivity index (χ1v) is 12.8. The Kier molecular flexibility index (Phi) is 7.26. The van der Waals surface area contributed by atoms with Gasteiger partial charge in [0.2, 0.25) is 11.8 Å². The van der Waals surface area contributed by atoms with Crippen LogP contribution in [0, 0.1) is 18.3 Å². The third kappa shape index (κ3) is 5.38. The number of halogens is 2. The third-order valence-corrected chi connectivity index (χ3v) is 7.05. The van der Waals surface area contributed by atoms with Gasteiger partial charge < -0.3 is 5.32 Å². The van der Waals surface area contributed by atoms with Crippen LogP contribution in [0.15, 0.2) is 67.1 Å². The van der Waals surface area contributed by atoms with Crippen LogP contribution in [-0.4, -0.2) is 45.7 Å². The quantitative estimate of drug-likeness (QED) is 0.483. The molecule has 2 fully saturated rings. The Hall–Kier alpha value is -4.72. The molecule has 3 amide bonds. The topological polar surface area (TPSA) is 119 Å². The van der Waals surface area contributed by atoms with E-state index in [2.05, 4.69) is 15.3 Å². The van der Waals surface area contributed by atoms with Crippen LogP contribution in [0.3, 0.4) is 0 Å². The molecule has 3 aromatic rings. The average Bonchev–Trinajstić information content (AvgIpc) is 3.32. The molecule has 2 unspecified atom stereocenters. The van der Waals surface area contributed by atoms with E-state index in [1.54, 1.807) is 49.5 Å². The molecule has 0 bridgehead atoms. The van der Waals surface area contributed by atoms with Gasteiger partial charge in [0.25, 0.3) is 11.8 Å². The van der Waals surface area contributed by atoms with E-state index in [4.69, 9.17) is 0 Å². The van der Waals surface area contributed by atoms with Crippen LogP contribution in [0.5, 0.6) is 0 Å². The number of rotatable bonds is 7. The lowest BCUT2D eigenvalue weighted by Gasteiger charge is -2.39. The Morgan fingerprint density at radius 2 is 1.93 bits per heavy atom. The number of anilines is 2. The second kappa shape index (κ2) is 10.8. The van der Waals surface area contributed by atoms with Gasteiger partial charge in [-0.1, -0.05) is 30.3 Å². The van der Waals surface area contributed by atoms with Crippen molar-refractivity contribution < 1.29 is 23.2 Å². The number of nitrogens with one attached hydrogen (secondary N) is 1. The van der Waals surface area contributed by atoms with Crippen LogP contribution >= 0.6 is 0 Å². The number of pyridine rings is 2. The Morgan fingerprint density at radius 1 is 1.18 bits per heavy atom. The fourth-order valence-corrected chi connectivity index (χ4v) is 5.16. The molecule has 5 rings (SSSR count). The number of aryl methyl sites for hydroxylation is 1. The van der Waals surface area contributed by atoms with Gasteiger partial charge in [-0.15, -0.1) is 0 Å². The second-order valence-electron chi connectivity index (χ2n) is 10.0. The summed E-state index contributed by atoms with van der Waals surface area (Å²) < 4.78 is 27.1. The van der Waals surface area contributed by atoms with Crippen molar-refractivity contribution in [2.24, 2.45) is 0 Å². The molecule has 204 valence electrons. The predicted molar refractivity (Wildman–Crippen MR) is 141 cm³/mol. The molecule has 1 saturated carbocycles. The van der Waals surface area contributed by atoms with E-state index in [9.17, 15) is 28.4 Å². The van der Waals surface area contributed by atoms with Gasteiger partial charge in [0.05, 0.1) is 23.5 Å². The number of nitriles is 1. The summed E-state index contributed by atoms with van der Waals surface area (Å²) in [6.45, 7) is 1.79. The van der Waals surface area contributed by atoms with Crippen molar-refractivity contribution in [3.8, 4) is 6.07 Å². The van der Waals surface area contributed by atoms with Gasteiger partial charge in [-0.2, -0.15) is 5.26 Å². The summed E-state index contributed by atoms with van der Waals surface area (Å²) in [5, 5.41) is 12.0. The lowest BCUT2D eigenvalue weighted by atomic mass is 9.87. The first-order valence-electron chi connectivity index (χ1n) is 12.8. The molecule has 40 heavy (non-hydrogen) atoms. The zero-order valence-corrected chi connectivity index (χ0v) is 21.6. The Labute approximate surface area is 229 Å². The van der Waals surface area contributed by atoms with Gasteiger partial charge >= 0.3 is 0 Å². The summed E-state index contributed by atoms with van der Waals surface area (Å²) in [7, 11) is 0. The summed E-state index contributed by atoms with van der Waals surface area (Å²) in [5.74, 6) is -4.22. The third-order valence-electron chi connectivity index (χ3n) is 7.05. The maximum atomic E-state index is 14.4. The molecule has 1 aliphatic heterocycles. The Morgan fingerprint density at radius 3 is 2.60 bits per heavy atom. The highest BCUT2D eigenvalue weighted by atomic mass is 19.3. The first kappa shape index (κ1) is 26.9. The van der Waals surface area contributed by atoms with Gasteiger partial charge in [-0.25, -0.2) is 13.8 Å². The zero-order valence-electron chi connectivity index (χ0n) is 21.6. The predicted octanol–water partition coefficient (Wildman–Crippen LogP) is 3.84. The molecule has 9 nitrogen and oxygen atoms in total. The van der Waals surface area contributed by atoms with Crippen molar-refractivity contribution in [3.63, 3.8) is 0 Å². The first-order chi connectivity index (χ1) is 19.2. The summed E-state index contributed by atoms with van der Waals surface area (Å²) >= 11 is 0. The number of benzene rings is 1. The molecule has 0 radical (unpaired) electrons. The fraction of sp³-hybridized carbons (Fsp3) is 0.310. The van der Waals surface area contributed by atoms with Gasteiger partial charge in [-0.05, 0) is 42.7 Å². The largest absolute Gasteiger partial charge is 0.351 e. The Balaban J connectivity index is 1.58. The van der Waals surface area contributed by atoms with Crippen LogP contribution in [0.2, 0.25) is 0 Å². The lowest BCUT2D eigenvalue weighted by Crippen LogP contribution is -2.56. The molecule has 3 heterocycles. The van der Waals surface area contributed by atoms with Crippen LogP contribution < -0.4 is 15.1 Å². The van der Waals surface area contributed by atoms with Crippen molar-refractivity contribution in [2.45, 2.75) is 56.7 Å². The smallest absolute Gasteiger partial charge is 0.252 e. The molecule has 2 aliphatic rings. The fourth-order valence-electron chi connectivity index (χ4n) is 5.16. The molecular weight excluding hydrogens is 518 g/mol. The molecule has 1 saturated heterocycles. The molecule has 11 heteroatoms. The normalized spacial score (nSPS) is 18.9. The highest BCUT2D eigenvalue weighted by molar-refractivity contribution is 6.10. The summed E-state index contributed by atoms with van der Waals surface area (Å²) in [6.07, 6.45) is 3.69. The summed E-state index contributed by atoms with van der Waals surface area (Å²) in [6, 6.07) is 12.2. The van der Waals surface area contributed by atoms with Gasteiger partial charge in [0.1, 0.15) is 17.9 Å². The maximum absolute atomic E-state index is 14.4. The Bertz CT molecular complexity index is 1480. The van der Waals surface area contributed by atoms with Crippen molar-refractivity contribution >= 4 is 29.2 Å². The van der Waals surface area contributed by atoms with Crippen LogP contribution in [0.25, 0.3) is 0 Å². The lowest BCUT2D eigenvalue weighted by molar-refractivity contribution is -0.133. The average molecular weight is 545 g/mol. The van der Waals surface area contributed by atoms with Gasteiger partial charge in [0, 0.05) is 37.7 Å². The molecular formula is C29H26F2N6O3. The monoisotopic (exact) mass is 544 g/mol. The van der Waals surface area contributed by atoms with E-state index in [0.29, 0.717) is 11.3 Å². The molecule has 0 spiro atoms. The maximum Gasteiger partial charge on any atom is 0.252 e. The minimum Gasteiger partial charge on any atom is -0.351 e. The number of hydrogen-bond donors (Lipinski definition) is 1. The number of carbonyl (C=O) groups excluding carboxylic acids is 3. The minimum absolute atomic E-state index is 0.0636. The van der Waals surface area contributed by atoms with Gasteiger partial charge in [0.15, 0.2) is 0 Å². The van der Waals surface area contributed by atoms with Crippen molar-refractivity contribution in [1.29, 1.82) is 5.26 Å². The van der Waals surface area contributed by atoms with Crippen LogP contribution in [0.4, 0.5) is 20.3 Å². The number of hydrogen-bond acceptors (Lipinski definition) is 6. The van der Waals surface area contributed by atoms with E-state index in [1.807, 2.05) is 6.07 Å². The zero-order chi connectivity index (χ0) is 28.4. The summed E-state index contributed by atoms with van der Waals surface area (Å²) in [5.41, 5.74) is 1.77. The number of alkyl halides is 2. The second-order valence-corrected chi connectivity index (χ2v) is 10.0. The number of aromatic nitrogens is 2. The van der Waals surface area contributed by atoms with E-state index < -0.39 is 48.7 Å². The number of carbonyl (C=O) groups is 3. The van der Waals surface area contributed by atoms with Crippen molar-refractivity contribution in [1.82, 2.24) is 15.3 Å².